The molecule has 0 saturated carbocycles. The standard InChI is InChI=1S/C11H19N3O/c1-9-6-13-11(15-9)8-14-5-3-4-10(7-14)12-2/h6,10,12H,3-5,7-8H2,1-2H3. The zero-order valence-corrected chi connectivity index (χ0v) is 9.49. The summed E-state index contributed by atoms with van der Waals surface area (Å²) in [6.45, 7) is 5.02. The van der Waals surface area contributed by atoms with Crippen LogP contribution >= 0.6 is 0 Å². The molecule has 0 aromatic carbocycles. The van der Waals surface area contributed by atoms with Crippen molar-refractivity contribution in [1.29, 1.82) is 0 Å². The lowest BCUT2D eigenvalue weighted by molar-refractivity contribution is 0.172. The number of hydrogen-bond donors (Lipinski definition) is 1. The molecule has 0 aliphatic carbocycles. The fourth-order valence-electron chi connectivity index (χ4n) is 2.10. The van der Waals surface area contributed by atoms with Crippen molar-refractivity contribution in [3.8, 4) is 0 Å². The normalized spacial score (nSPS) is 23.2. The van der Waals surface area contributed by atoms with Crippen LogP contribution in [-0.4, -0.2) is 36.1 Å². The summed E-state index contributed by atoms with van der Waals surface area (Å²) >= 11 is 0. The first kappa shape index (κ1) is 10.6. The van der Waals surface area contributed by atoms with Crippen LogP contribution < -0.4 is 5.32 Å². The fourth-order valence-corrected chi connectivity index (χ4v) is 2.10. The molecular formula is C11H19N3O. The van der Waals surface area contributed by atoms with E-state index in [9.17, 15) is 0 Å². The van der Waals surface area contributed by atoms with Crippen molar-refractivity contribution in [3.63, 3.8) is 0 Å². The summed E-state index contributed by atoms with van der Waals surface area (Å²) in [6, 6.07) is 0.620. The molecular weight excluding hydrogens is 190 g/mol. The maximum absolute atomic E-state index is 5.48. The Morgan fingerprint density at radius 1 is 1.67 bits per heavy atom. The molecule has 1 atom stereocenters. The number of hydrogen-bond acceptors (Lipinski definition) is 4. The molecule has 1 fully saturated rings. The summed E-state index contributed by atoms with van der Waals surface area (Å²) in [5, 5.41) is 3.33. The van der Waals surface area contributed by atoms with Crippen molar-refractivity contribution >= 4 is 0 Å². The van der Waals surface area contributed by atoms with Gasteiger partial charge in [0.25, 0.3) is 0 Å². The van der Waals surface area contributed by atoms with Gasteiger partial charge >= 0.3 is 0 Å². The topological polar surface area (TPSA) is 41.3 Å². The second-order valence-electron chi connectivity index (χ2n) is 4.23. The molecule has 84 valence electrons. The molecule has 1 aromatic heterocycles. The molecule has 0 spiro atoms. The lowest BCUT2D eigenvalue weighted by Gasteiger charge is -2.31. The minimum atomic E-state index is 0.620. The molecule has 0 radical (unpaired) electrons. The quantitative estimate of drug-likeness (QED) is 0.811. The van der Waals surface area contributed by atoms with E-state index in [0.29, 0.717) is 6.04 Å². The van der Waals surface area contributed by atoms with E-state index in [0.717, 1.165) is 31.3 Å². The van der Waals surface area contributed by atoms with Crippen LogP contribution in [0.5, 0.6) is 0 Å². The van der Waals surface area contributed by atoms with Gasteiger partial charge < -0.3 is 9.73 Å². The fraction of sp³-hybridized carbons (Fsp3) is 0.727. The first-order chi connectivity index (χ1) is 7.28. The third kappa shape index (κ3) is 2.79. The van der Waals surface area contributed by atoms with Crippen LogP contribution in [0.25, 0.3) is 0 Å². The number of oxazole rings is 1. The largest absolute Gasteiger partial charge is 0.445 e. The highest BCUT2D eigenvalue weighted by Crippen LogP contribution is 2.13. The minimum absolute atomic E-state index is 0.620. The zero-order valence-electron chi connectivity index (χ0n) is 9.49. The van der Waals surface area contributed by atoms with E-state index in [1.54, 1.807) is 6.20 Å². The molecule has 1 unspecified atom stereocenters. The highest BCUT2D eigenvalue weighted by Gasteiger charge is 2.19. The van der Waals surface area contributed by atoms with Crippen molar-refractivity contribution in [2.45, 2.75) is 32.4 Å². The molecule has 1 N–H and O–H groups in total. The maximum atomic E-state index is 5.48. The number of nitrogens with zero attached hydrogens (tertiary/aromatic N) is 2. The predicted octanol–water partition coefficient (Wildman–Crippen LogP) is 1.17. The summed E-state index contributed by atoms with van der Waals surface area (Å²) in [5.74, 6) is 1.73. The molecule has 2 heterocycles. The number of aromatic nitrogens is 1. The van der Waals surface area contributed by atoms with Gasteiger partial charge in [-0.3, -0.25) is 4.90 Å². The Hall–Kier alpha value is -0.870. The average Bonchev–Trinajstić information content (AvgIpc) is 2.64. The number of piperidine rings is 1. The Morgan fingerprint density at radius 3 is 3.20 bits per heavy atom. The van der Waals surface area contributed by atoms with Gasteiger partial charge in [0.1, 0.15) is 5.76 Å². The van der Waals surface area contributed by atoms with E-state index in [2.05, 4.69) is 15.2 Å². The summed E-state index contributed by atoms with van der Waals surface area (Å²) < 4.78 is 5.48. The van der Waals surface area contributed by atoms with Crippen molar-refractivity contribution < 1.29 is 4.42 Å². The van der Waals surface area contributed by atoms with Crippen LogP contribution in [0, 0.1) is 6.92 Å². The maximum Gasteiger partial charge on any atom is 0.208 e. The van der Waals surface area contributed by atoms with E-state index < -0.39 is 0 Å². The SMILES string of the molecule is CNC1CCCN(Cc2ncc(C)o2)C1. The van der Waals surface area contributed by atoms with Crippen LogP contribution in [0.4, 0.5) is 0 Å². The van der Waals surface area contributed by atoms with Crippen LogP contribution in [0.15, 0.2) is 10.6 Å². The Bertz CT molecular complexity index is 311. The van der Waals surface area contributed by atoms with E-state index in [1.165, 1.54) is 12.8 Å². The van der Waals surface area contributed by atoms with Gasteiger partial charge in [0.15, 0.2) is 0 Å². The first-order valence-corrected chi connectivity index (χ1v) is 5.59. The number of aryl methyl sites for hydroxylation is 1. The smallest absolute Gasteiger partial charge is 0.208 e. The molecule has 2 rings (SSSR count). The highest BCUT2D eigenvalue weighted by molar-refractivity contribution is 4.91. The van der Waals surface area contributed by atoms with Gasteiger partial charge in [-0.25, -0.2) is 4.98 Å². The Kier molecular flexibility index (Phi) is 3.38. The monoisotopic (exact) mass is 209 g/mol. The highest BCUT2D eigenvalue weighted by atomic mass is 16.4. The Labute approximate surface area is 90.7 Å². The average molecular weight is 209 g/mol. The van der Waals surface area contributed by atoms with E-state index in [-0.39, 0.29) is 0 Å². The van der Waals surface area contributed by atoms with Crippen molar-refractivity contribution in [1.82, 2.24) is 15.2 Å². The van der Waals surface area contributed by atoms with Crippen molar-refractivity contribution in [2.24, 2.45) is 0 Å². The van der Waals surface area contributed by atoms with Gasteiger partial charge in [0.05, 0.1) is 12.7 Å². The van der Waals surface area contributed by atoms with Crippen LogP contribution in [0.3, 0.4) is 0 Å². The molecule has 1 aromatic rings. The van der Waals surface area contributed by atoms with Crippen molar-refractivity contribution in [3.05, 3.63) is 17.8 Å². The van der Waals surface area contributed by atoms with E-state index >= 15 is 0 Å². The Morgan fingerprint density at radius 2 is 2.53 bits per heavy atom. The molecule has 1 aliphatic rings. The Balaban J connectivity index is 1.88. The zero-order chi connectivity index (χ0) is 10.7. The summed E-state index contributed by atoms with van der Waals surface area (Å²) in [4.78, 5) is 6.63. The lowest BCUT2D eigenvalue weighted by Crippen LogP contribution is -2.43. The predicted molar refractivity (Wildman–Crippen MR) is 58.6 cm³/mol. The van der Waals surface area contributed by atoms with Gasteiger partial charge in [0.2, 0.25) is 5.89 Å². The molecule has 1 aliphatic heterocycles. The second-order valence-corrected chi connectivity index (χ2v) is 4.23. The summed E-state index contributed by atoms with van der Waals surface area (Å²) in [6.07, 6.45) is 4.32. The first-order valence-electron chi connectivity index (χ1n) is 5.59. The van der Waals surface area contributed by atoms with Gasteiger partial charge in [0, 0.05) is 12.6 Å². The van der Waals surface area contributed by atoms with Gasteiger partial charge in [-0.05, 0) is 33.4 Å². The number of rotatable bonds is 3. The van der Waals surface area contributed by atoms with Crippen molar-refractivity contribution in [2.75, 3.05) is 20.1 Å². The summed E-state index contributed by atoms with van der Waals surface area (Å²) in [7, 11) is 2.03. The van der Waals surface area contributed by atoms with Gasteiger partial charge in [-0.2, -0.15) is 0 Å². The molecule has 4 heteroatoms. The second kappa shape index (κ2) is 4.77. The molecule has 0 amide bonds. The number of likely N-dealkylation sites (N-methyl/N-ethyl adjacent to an activating group) is 1. The lowest BCUT2D eigenvalue weighted by atomic mass is 10.1. The molecule has 1 saturated heterocycles. The van der Waals surface area contributed by atoms with Gasteiger partial charge in [-0.1, -0.05) is 0 Å². The number of likely N-dealkylation sites (tertiary alicyclic amines) is 1. The van der Waals surface area contributed by atoms with E-state index in [4.69, 9.17) is 4.42 Å². The third-order valence-electron chi connectivity index (χ3n) is 2.94. The van der Waals surface area contributed by atoms with Crippen LogP contribution in [0.1, 0.15) is 24.5 Å². The minimum Gasteiger partial charge on any atom is -0.445 e. The third-order valence-corrected chi connectivity index (χ3v) is 2.94. The molecule has 4 nitrogen and oxygen atoms in total. The van der Waals surface area contributed by atoms with Crippen LogP contribution in [-0.2, 0) is 6.54 Å². The van der Waals surface area contributed by atoms with Gasteiger partial charge in [-0.15, -0.1) is 0 Å². The number of nitrogens with one attached hydrogen (secondary N) is 1. The molecule has 0 bridgehead atoms. The molecule has 15 heavy (non-hydrogen) atoms. The van der Waals surface area contributed by atoms with E-state index in [1.807, 2.05) is 14.0 Å². The summed E-state index contributed by atoms with van der Waals surface area (Å²) in [5.41, 5.74) is 0. The van der Waals surface area contributed by atoms with Crippen LogP contribution in [0.2, 0.25) is 0 Å².